The monoisotopic (exact) mass is 370 g/mol. The van der Waals surface area contributed by atoms with Crippen LogP contribution in [0.2, 0.25) is 0 Å². The van der Waals surface area contributed by atoms with Crippen molar-refractivity contribution in [1.29, 1.82) is 0 Å². The van der Waals surface area contributed by atoms with Crippen molar-refractivity contribution in [3.05, 3.63) is 75.3 Å². The lowest BCUT2D eigenvalue weighted by Crippen LogP contribution is -2.42. The number of hydrogen-bond donors (Lipinski definition) is 2. The van der Waals surface area contributed by atoms with E-state index in [1.165, 1.54) is 24.3 Å². The molecule has 142 valence electrons. The number of carbonyl (C=O) groups is 2. The zero-order valence-electron chi connectivity index (χ0n) is 15.4. The Hall–Kier alpha value is -3.22. The smallest absolute Gasteiger partial charge is 0.326 e. The summed E-state index contributed by atoms with van der Waals surface area (Å²) in [6.07, 6.45) is 0.0269. The zero-order chi connectivity index (χ0) is 20.2. The second-order valence-electron chi connectivity index (χ2n) is 7.32. The fraction of sp³-hybridized carbons (Fsp3) is 0.300. The van der Waals surface area contributed by atoms with E-state index in [-0.39, 0.29) is 17.5 Å². The average Bonchev–Trinajstić information content (AvgIpc) is 2.60. The number of nitrogens with one attached hydrogen (secondary N) is 1. The minimum Gasteiger partial charge on any atom is -0.480 e. The molecule has 7 heteroatoms. The van der Waals surface area contributed by atoms with E-state index in [2.05, 4.69) is 26.1 Å². The van der Waals surface area contributed by atoms with Gasteiger partial charge in [0.05, 0.1) is 4.92 Å². The van der Waals surface area contributed by atoms with Crippen molar-refractivity contribution in [2.45, 2.75) is 38.6 Å². The van der Waals surface area contributed by atoms with Crippen LogP contribution in [-0.2, 0) is 16.6 Å². The van der Waals surface area contributed by atoms with Gasteiger partial charge in [-0.3, -0.25) is 14.9 Å². The minimum absolute atomic E-state index is 0.0269. The molecule has 0 unspecified atom stereocenters. The highest BCUT2D eigenvalue weighted by molar-refractivity contribution is 5.96. The predicted molar refractivity (Wildman–Crippen MR) is 101 cm³/mol. The summed E-state index contributed by atoms with van der Waals surface area (Å²) < 4.78 is 0. The summed E-state index contributed by atoms with van der Waals surface area (Å²) in [5.74, 6) is -1.65. The van der Waals surface area contributed by atoms with Crippen LogP contribution in [0.4, 0.5) is 5.69 Å². The number of non-ortho nitro benzene ring substituents is 1. The molecule has 0 aliphatic carbocycles. The SMILES string of the molecule is CC(C)(C)c1ccc(C(=O)N[C@H](Cc2ccc([N+](=O)[O-])cc2)C(=O)O)cc1. The average molecular weight is 370 g/mol. The molecule has 2 aromatic rings. The van der Waals surface area contributed by atoms with Crippen molar-refractivity contribution in [2.24, 2.45) is 0 Å². The van der Waals surface area contributed by atoms with Crippen LogP contribution >= 0.6 is 0 Å². The van der Waals surface area contributed by atoms with Gasteiger partial charge in [-0.15, -0.1) is 0 Å². The molecule has 0 spiro atoms. The molecular weight excluding hydrogens is 348 g/mol. The number of nitrogens with zero attached hydrogens (tertiary/aromatic N) is 1. The Balaban J connectivity index is 2.10. The highest BCUT2D eigenvalue weighted by atomic mass is 16.6. The fourth-order valence-electron chi connectivity index (χ4n) is 2.55. The van der Waals surface area contributed by atoms with E-state index in [0.717, 1.165) is 5.56 Å². The van der Waals surface area contributed by atoms with Gasteiger partial charge < -0.3 is 10.4 Å². The molecule has 2 N–H and O–H groups in total. The first-order valence-electron chi connectivity index (χ1n) is 8.45. The standard InChI is InChI=1S/C20H22N2O5/c1-20(2,3)15-8-6-14(7-9-15)18(23)21-17(19(24)25)12-13-4-10-16(11-5-13)22(26)27/h4-11,17H,12H2,1-3H3,(H,21,23)(H,24,25)/t17-/m1/s1. The fourth-order valence-corrected chi connectivity index (χ4v) is 2.55. The molecule has 0 saturated heterocycles. The number of nitro groups is 1. The molecule has 0 aliphatic heterocycles. The highest BCUT2D eigenvalue weighted by Crippen LogP contribution is 2.22. The molecule has 2 rings (SSSR count). The van der Waals surface area contributed by atoms with E-state index in [1.54, 1.807) is 12.1 Å². The van der Waals surface area contributed by atoms with Crippen LogP contribution in [0.3, 0.4) is 0 Å². The van der Waals surface area contributed by atoms with Gasteiger partial charge in [-0.1, -0.05) is 45.0 Å². The first kappa shape index (κ1) is 20.1. The maximum atomic E-state index is 12.4. The van der Waals surface area contributed by atoms with Gasteiger partial charge in [0.25, 0.3) is 11.6 Å². The zero-order valence-corrected chi connectivity index (χ0v) is 15.4. The third kappa shape index (κ3) is 5.37. The van der Waals surface area contributed by atoms with E-state index in [1.807, 2.05) is 12.1 Å². The lowest BCUT2D eigenvalue weighted by atomic mass is 9.86. The Kier molecular flexibility index (Phi) is 5.95. The summed E-state index contributed by atoms with van der Waals surface area (Å²) in [5.41, 5.74) is 1.90. The number of nitro benzene ring substituents is 1. The number of rotatable bonds is 6. The van der Waals surface area contributed by atoms with Gasteiger partial charge in [-0.2, -0.15) is 0 Å². The molecule has 0 bridgehead atoms. The number of carboxylic acid groups (broad SMARTS) is 1. The molecule has 1 atom stereocenters. The predicted octanol–water partition coefficient (Wildman–Crippen LogP) is 3.32. The first-order chi connectivity index (χ1) is 12.6. The lowest BCUT2D eigenvalue weighted by Gasteiger charge is -2.19. The van der Waals surface area contributed by atoms with E-state index >= 15 is 0 Å². The van der Waals surface area contributed by atoms with Crippen molar-refractivity contribution in [2.75, 3.05) is 0 Å². The maximum absolute atomic E-state index is 12.4. The molecule has 7 nitrogen and oxygen atoms in total. The topological polar surface area (TPSA) is 110 Å². The summed E-state index contributed by atoms with van der Waals surface area (Å²) in [4.78, 5) is 34.1. The molecule has 0 saturated carbocycles. The van der Waals surface area contributed by atoms with Crippen LogP contribution in [0, 0.1) is 10.1 Å². The lowest BCUT2D eigenvalue weighted by molar-refractivity contribution is -0.384. The Bertz CT molecular complexity index is 836. The molecule has 0 radical (unpaired) electrons. The Morgan fingerprint density at radius 1 is 1.07 bits per heavy atom. The van der Waals surface area contributed by atoms with Crippen molar-refractivity contribution in [1.82, 2.24) is 5.32 Å². The number of hydrogen-bond acceptors (Lipinski definition) is 4. The largest absolute Gasteiger partial charge is 0.480 e. The van der Waals surface area contributed by atoms with Gasteiger partial charge in [-0.05, 0) is 28.7 Å². The third-order valence-electron chi connectivity index (χ3n) is 4.20. The number of carbonyl (C=O) groups excluding carboxylic acids is 1. The molecular formula is C20H22N2O5. The number of benzene rings is 2. The normalized spacial score (nSPS) is 12.3. The Labute approximate surface area is 157 Å². The van der Waals surface area contributed by atoms with E-state index in [4.69, 9.17) is 0 Å². The molecule has 0 aromatic heterocycles. The van der Waals surface area contributed by atoms with Gasteiger partial charge in [0.15, 0.2) is 0 Å². The number of aliphatic carboxylic acids is 1. The van der Waals surface area contributed by atoms with Crippen LogP contribution < -0.4 is 5.32 Å². The van der Waals surface area contributed by atoms with Gasteiger partial charge in [0.2, 0.25) is 0 Å². The van der Waals surface area contributed by atoms with Crippen molar-refractivity contribution < 1.29 is 19.6 Å². The number of amides is 1. The van der Waals surface area contributed by atoms with Crippen LogP contribution in [-0.4, -0.2) is 27.9 Å². The second kappa shape index (κ2) is 7.99. The highest BCUT2D eigenvalue weighted by Gasteiger charge is 2.22. The van der Waals surface area contributed by atoms with Gasteiger partial charge in [0, 0.05) is 24.1 Å². The summed E-state index contributed by atoms with van der Waals surface area (Å²) >= 11 is 0. The second-order valence-corrected chi connectivity index (χ2v) is 7.32. The van der Waals surface area contributed by atoms with Gasteiger partial charge >= 0.3 is 5.97 Å². The Morgan fingerprint density at radius 3 is 2.07 bits per heavy atom. The number of carboxylic acids is 1. The molecule has 2 aromatic carbocycles. The van der Waals surface area contributed by atoms with Crippen molar-refractivity contribution >= 4 is 17.6 Å². The molecule has 27 heavy (non-hydrogen) atoms. The van der Waals surface area contributed by atoms with E-state index in [0.29, 0.717) is 11.1 Å². The third-order valence-corrected chi connectivity index (χ3v) is 4.20. The quantitative estimate of drug-likeness (QED) is 0.599. The van der Waals surface area contributed by atoms with Crippen LogP contribution in [0.1, 0.15) is 42.3 Å². The minimum atomic E-state index is -1.17. The summed E-state index contributed by atoms with van der Waals surface area (Å²) in [6.45, 7) is 6.19. The van der Waals surface area contributed by atoms with Crippen LogP contribution in [0.25, 0.3) is 0 Å². The van der Waals surface area contributed by atoms with Crippen LogP contribution in [0.5, 0.6) is 0 Å². The molecule has 0 fully saturated rings. The maximum Gasteiger partial charge on any atom is 0.326 e. The van der Waals surface area contributed by atoms with Crippen LogP contribution in [0.15, 0.2) is 48.5 Å². The van der Waals surface area contributed by atoms with Gasteiger partial charge in [0.1, 0.15) is 6.04 Å². The molecule has 0 aliphatic rings. The summed E-state index contributed by atoms with van der Waals surface area (Å²) in [7, 11) is 0. The first-order valence-corrected chi connectivity index (χ1v) is 8.45. The van der Waals surface area contributed by atoms with Gasteiger partial charge in [-0.25, -0.2) is 4.79 Å². The van der Waals surface area contributed by atoms with E-state index in [9.17, 15) is 24.8 Å². The van der Waals surface area contributed by atoms with E-state index < -0.39 is 22.8 Å². The summed E-state index contributed by atoms with van der Waals surface area (Å²) in [5, 5.41) is 22.6. The van der Waals surface area contributed by atoms with Crippen molar-refractivity contribution in [3.63, 3.8) is 0 Å². The Morgan fingerprint density at radius 2 is 1.63 bits per heavy atom. The molecule has 0 heterocycles. The summed E-state index contributed by atoms with van der Waals surface area (Å²) in [6, 6.07) is 11.5. The molecule has 1 amide bonds. The van der Waals surface area contributed by atoms with Crippen molar-refractivity contribution in [3.8, 4) is 0 Å².